The number of halogens is 2. The van der Waals surface area contributed by atoms with E-state index in [1.54, 1.807) is 29.6 Å². The molecular formula is C12H8Cl2O3S. The molecule has 0 aliphatic rings. The first-order chi connectivity index (χ1) is 8.58. The molecule has 0 unspecified atom stereocenters. The van der Waals surface area contributed by atoms with Gasteiger partial charge < -0.3 is 9.84 Å². The smallest absolute Gasteiger partial charge is 0.349 e. The average Bonchev–Trinajstić information content (AvgIpc) is 2.76. The minimum Gasteiger partial charge on any atom is -0.487 e. The van der Waals surface area contributed by atoms with E-state index in [0.717, 1.165) is 16.9 Å². The number of benzene rings is 1. The molecule has 3 nitrogen and oxygen atoms in total. The molecule has 1 aromatic heterocycles. The Labute approximate surface area is 118 Å². The molecule has 0 aliphatic carbocycles. The number of hydrogen-bond donors (Lipinski definition) is 1. The predicted molar refractivity (Wildman–Crippen MR) is 72.1 cm³/mol. The third kappa shape index (κ3) is 2.96. The lowest BCUT2D eigenvalue weighted by Crippen LogP contribution is -2.00. The van der Waals surface area contributed by atoms with Crippen LogP contribution in [-0.2, 0) is 6.61 Å². The second kappa shape index (κ2) is 5.61. The van der Waals surface area contributed by atoms with Gasteiger partial charge in [0.1, 0.15) is 12.4 Å². The largest absolute Gasteiger partial charge is 0.487 e. The summed E-state index contributed by atoms with van der Waals surface area (Å²) in [4.78, 5) is 11.1. The monoisotopic (exact) mass is 302 g/mol. The molecule has 1 N–H and O–H groups in total. The fourth-order valence-corrected chi connectivity index (χ4v) is 2.50. The molecule has 0 saturated carbocycles. The van der Waals surface area contributed by atoms with Crippen molar-refractivity contribution in [3.8, 4) is 5.75 Å². The van der Waals surface area contributed by atoms with Gasteiger partial charge in [-0.25, -0.2) is 4.79 Å². The van der Waals surface area contributed by atoms with E-state index in [1.807, 2.05) is 0 Å². The number of ether oxygens (including phenoxy) is 1. The number of rotatable bonds is 4. The van der Waals surface area contributed by atoms with Crippen LogP contribution in [0.4, 0.5) is 0 Å². The maximum absolute atomic E-state index is 10.9. The average molecular weight is 303 g/mol. The van der Waals surface area contributed by atoms with Crippen molar-refractivity contribution >= 4 is 40.5 Å². The van der Waals surface area contributed by atoms with E-state index in [1.165, 1.54) is 0 Å². The molecule has 0 radical (unpaired) electrons. The van der Waals surface area contributed by atoms with Crippen LogP contribution in [-0.4, -0.2) is 11.1 Å². The molecular weight excluding hydrogens is 295 g/mol. The Hall–Kier alpha value is -1.23. The lowest BCUT2D eigenvalue weighted by molar-refractivity contribution is 0.0697. The standard InChI is InChI=1S/C12H8Cl2O3S/c13-8-2-1-7(9(14)5-8)6-17-10-3-4-18-11(10)12(15)16/h1-5H,6H2,(H,15,16). The van der Waals surface area contributed by atoms with E-state index in [-0.39, 0.29) is 11.5 Å². The van der Waals surface area contributed by atoms with Crippen LogP contribution in [0.2, 0.25) is 10.0 Å². The molecule has 0 amide bonds. The molecule has 1 heterocycles. The van der Waals surface area contributed by atoms with Crippen LogP contribution in [0.25, 0.3) is 0 Å². The summed E-state index contributed by atoms with van der Waals surface area (Å²) in [6.45, 7) is 0.201. The van der Waals surface area contributed by atoms with E-state index >= 15 is 0 Å². The summed E-state index contributed by atoms with van der Waals surface area (Å²) in [6.07, 6.45) is 0. The zero-order valence-electron chi connectivity index (χ0n) is 9.02. The van der Waals surface area contributed by atoms with Crippen molar-refractivity contribution in [2.24, 2.45) is 0 Å². The fraction of sp³-hybridized carbons (Fsp3) is 0.0833. The number of hydrogen-bond acceptors (Lipinski definition) is 3. The van der Waals surface area contributed by atoms with Crippen LogP contribution in [0.3, 0.4) is 0 Å². The number of aromatic carboxylic acids is 1. The molecule has 2 rings (SSSR count). The lowest BCUT2D eigenvalue weighted by Gasteiger charge is -2.07. The Kier molecular flexibility index (Phi) is 4.11. The van der Waals surface area contributed by atoms with Gasteiger partial charge >= 0.3 is 5.97 Å². The first-order valence-corrected chi connectivity index (χ1v) is 6.59. The number of thiophene rings is 1. The van der Waals surface area contributed by atoms with Crippen molar-refractivity contribution < 1.29 is 14.6 Å². The predicted octanol–water partition coefficient (Wildman–Crippen LogP) is 4.33. The normalized spacial score (nSPS) is 10.3. The van der Waals surface area contributed by atoms with Gasteiger partial charge in [0.05, 0.1) is 0 Å². The van der Waals surface area contributed by atoms with Crippen LogP contribution in [0.5, 0.6) is 5.75 Å². The third-order valence-electron chi connectivity index (χ3n) is 2.22. The summed E-state index contributed by atoms with van der Waals surface area (Å²) in [5, 5.41) is 11.6. The molecule has 6 heteroatoms. The Morgan fingerprint density at radius 2 is 2.11 bits per heavy atom. The molecule has 1 aromatic carbocycles. The van der Waals surface area contributed by atoms with Crippen LogP contribution in [0.15, 0.2) is 29.6 Å². The molecule has 0 bridgehead atoms. The summed E-state index contributed by atoms with van der Waals surface area (Å²) in [7, 11) is 0. The molecule has 2 aromatic rings. The van der Waals surface area contributed by atoms with Crippen LogP contribution < -0.4 is 4.74 Å². The highest BCUT2D eigenvalue weighted by molar-refractivity contribution is 7.12. The van der Waals surface area contributed by atoms with Gasteiger partial charge in [0.15, 0.2) is 4.88 Å². The van der Waals surface area contributed by atoms with Gasteiger partial charge in [-0.2, -0.15) is 0 Å². The number of carbonyl (C=O) groups is 1. The summed E-state index contributed by atoms with van der Waals surface area (Å²) in [5.41, 5.74) is 0.753. The maximum Gasteiger partial charge on any atom is 0.349 e. The Morgan fingerprint density at radius 3 is 2.78 bits per heavy atom. The van der Waals surface area contributed by atoms with Gasteiger partial charge in [-0.1, -0.05) is 29.3 Å². The highest BCUT2D eigenvalue weighted by Gasteiger charge is 2.13. The topological polar surface area (TPSA) is 46.5 Å². The summed E-state index contributed by atoms with van der Waals surface area (Å²) in [6, 6.07) is 6.70. The van der Waals surface area contributed by atoms with E-state index < -0.39 is 5.97 Å². The van der Waals surface area contributed by atoms with Gasteiger partial charge in [-0.3, -0.25) is 0 Å². The molecule has 0 fully saturated rings. The molecule has 0 atom stereocenters. The van der Waals surface area contributed by atoms with Crippen LogP contribution in [0.1, 0.15) is 15.2 Å². The minimum atomic E-state index is -0.998. The molecule has 0 aliphatic heterocycles. The second-order valence-electron chi connectivity index (χ2n) is 3.44. The first-order valence-electron chi connectivity index (χ1n) is 4.95. The molecule has 0 spiro atoms. The van der Waals surface area contributed by atoms with Crippen molar-refractivity contribution in [2.45, 2.75) is 6.61 Å². The first kappa shape index (κ1) is 13.2. The lowest BCUT2D eigenvalue weighted by atomic mass is 10.2. The Bertz CT molecular complexity index is 580. The summed E-state index contributed by atoms with van der Waals surface area (Å²) < 4.78 is 5.45. The Balaban J connectivity index is 2.11. The van der Waals surface area contributed by atoms with Crippen molar-refractivity contribution in [2.75, 3.05) is 0 Å². The number of carboxylic acids is 1. The third-order valence-corrected chi connectivity index (χ3v) is 3.69. The highest BCUT2D eigenvalue weighted by Crippen LogP contribution is 2.27. The van der Waals surface area contributed by atoms with E-state index in [9.17, 15) is 4.79 Å². The van der Waals surface area contributed by atoms with Crippen LogP contribution >= 0.6 is 34.5 Å². The molecule has 0 saturated heterocycles. The minimum absolute atomic E-state index is 0.181. The summed E-state index contributed by atoms with van der Waals surface area (Å²) >= 11 is 12.9. The van der Waals surface area contributed by atoms with Gasteiger partial charge in [0, 0.05) is 15.6 Å². The van der Waals surface area contributed by atoms with Crippen molar-refractivity contribution in [3.63, 3.8) is 0 Å². The van der Waals surface area contributed by atoms with Gasteiger partial charge in [0.2, 0.25) is 0 Å². The van der Waals surface area contributed by atoms with Crippen molar-refractivity contribution in [1.82, 2.24) is 0 Å². The van der Waals surface area contributed by atoms with E-state index in [0.29, 0.717) is 15.8 Å². The maximum atomic E-state index is 10.9. The second-order valence-corrected chi connectivity index (χ2v) is 5.20. The van der Waals surface area contributed by atoms with Crippen LogP contribution in [0, 0.1) is 0 Å². The van der Waals surface area contributed by atoms with Gasteiger partial charge in [0.25, 0.3) is 0 Å². The molecule has 18 heavy (non-hydrogen) atoms. The van der Waals surface area contributed by atoms with Gasteiger partial charge in [-0.05, 0) is 23.6 Å². The quantitative estimate of drug-likeness (QED) is 0.914. The fourth-order valence-electron chi connectivity index (χ4n) is 1.36. The Morgan fingerprint density at radius 1 is 1.33 bits per heavy atom. The zero-order chi connectivity index (χ0) is 13.1. The SMILES string of the molecule is O=C(O)c1sccc1OCc1ccc(Cl)cc1Cl. The van der Waals surface area contributed by atoms with E-state index in [2.05, 4.69) is 0 Å². The highest BCUT2D eigenvalue weighted by atomic mass is 35.5. The number of carboxylic acid groups (broad SMARTS) is 1. The molecule has 94 valence electrons. The van der Waals surface area contributed by atoms with Crippen molar-refractivity contribution in [1.29, 1.82) is 0 Å². The van der Waals surface area contributed by atoms with Crippen molar-refractivity contribution in [3.05, 3.63) is 50.1 Å². The van der Waals surface area contributed by atoms with E-state index in [4.69, 9.17) is 33.0 Å². The zero-order valence-corrected chi connectivity index (χ0v) is 11.4. The van der Waals surface area contributed by atoms with Gasteiger partial charge in [-0.15, -0.1) is 11.3 Å². The summed E-state index contributed by atoms with van der Waals surface area (Å²) in [5.74, 6) is -0.652.